The molecule has 0 heterocycles. The number of hydrogen-bond donors (Lipinski definition) is 0. The number of halogens is 1. The van der Waals surface area contributed by atoms with Gasteiger partial charge >= 0.3 is 155 Å². The minimum Gasteiger partial charge on any atom is -1.00 e. The third-order valence-electron chi connectivity index (χ3n) is 5.69. The Hall–Kier alpha value is 0.0684. The number of unbranched alkanes of at least 4 members (excludes halogenated alkanes) is 9. The molecule has 0 aliphatic heterocycles. The summed E-state index contributed by atoms with van der Waals surface area (Å²) in [5, 5.41) is 5.99. The summed E-state index contributed by atoms with van der Waals surface area (Å²) in [6, 6.07) is 11.3. The number of hydrogen-bond acceptors (Lipinski definition) is 0. The van der Waals surface area contributed by atoms with Crippen LogP contribution in [0.5, 0.6) is 0 Å². The van der Waals surface area contributed by atoms with Crippen molar-refractivity contribution in [1.82, 2.24) is 0 Å². The van der Waals surface area contributed by atoms with Gasteiger partial charge in [-0.1, -0.05) is 0 Å². The summed E-state index contributed by atoms with van der Waals surface area (Å²) in [4.78, 5) is 0. The molecule has 0 unspecified atom stereocenters. The normalized spacial score (nSPS) is 11.3. The molecule has 1 rings (SSSR count). The first-order valence-corrected chi connectivity index (χ1v) is 16.0. The van der Waals surface area contributed by atoms with Crippen molar-refractivity contribution in [2.45, 2.75) is 106 Å². The summed E-state index contributed by atoms with van der Waals surface area (Å²) >= 11 is -1.46. The van der Waals surface area contributed by atoms with Crippen LogP contribution in [0.2, 0.25) is 15.6 Å². The van der Waals surface area contributed by atoms with E-state index in [1.807, 2.05) is 0 Å². The fourth-order valence-corrected chi connectivity index (χ4v) is 11.2. The maximum atomic E-state index is 2.47. The van der Waals surface area contributed by atoms with Crippen molar-refractivity contribution in [3.05, 3.63) is 35.9 Å². The second kappa shape index (κ2) is 16.3. The maximum Gasteiger partial charge on any atom is -1.00 e. The minimum atomic E-state index is -1.46. The van der Waals surface area contributed by atoms with Crippen molar-refractivity contribution < 1.29 is 12.4 Å². The molecular weight excluding hydrogens is 387 g/mol. The minimum absolute atomic E-state index is 0. The standard InChI is InChI=1S/C23H42As.ClH/c1-4-7-8-9-10-11-12-13-14-18-21-24(5-2,6-3)22-23-19-16-15-17-20-23;/h15-17,19-20H,4-14,18,21-22H2,1-3H3;1H/q+1;/p-1. The molecule has 0 spiro atoms. The van der Waals surface area contributed by atoms with Crippen LogP contribution in [0.4, 0.5) is 0 Å². The summed E-state index contributed by atoms with van der Waals surface area (Å²) in [5.41, 5.74) is 1.60. The largest absolute Gasteiger partial charge is 1.00 e. The van der Waals surface area contributed by atoms with Gasteiger partial charge in [-0.3, -0.25) is 0 Å². The average Bonchev–Trinajstić information content (AvgIpc) is 2.63. The predicted molar refractivity (Wildman–Crippen MR) is 114 cm³/mol. The van der Waals surface area contributed by atoms with Crippen molar-refractivity contribution in [3.63, 3.8) is 0 Å². The van der Waals surface area contributed by atoms with Crippen LogP contribution < -0.4 is 12.4 Å². The maximum absolute atomic E-state index is 2.47. The van der Waals surface area contributed by atoms with Gasteiger partial charge in [0.2, 0.25) is 0 Å². The van der Waals surface area contributed by atoms with Crippen molar-refractivity contribution in [1.29, 1.82) is 0 Å². The van der Waals surface area contributed by atoms with Gasteiger partial charge in [0.1, 0.15) is 0 Å². The van der Waals surface area contributed by atoms with Gasteiger partial charge in [-0.05, 0) is 0 Å². The molecule has 0 aliphatic rings. The summed E-state index contributed by atoms with van der Waals surface area (Å²) in [5.74, 6) is 0. The van der Waals surface area contributed by atoms with Crippen LogP contribution in [-0.2, 0) is 5.21 Å². The molecule has 1 aromatic rings. The second-order valence-electron chi connectivity index (χ2n) is 7.52. The van der Waals surface area contributed by atoms with Crippen LogP contribution in [0.15, 0.2) is 30.3 Å². The van der Waals surface area contributed by atoms with Gasteiger partial charge in [-0.25, -0.2) is 0 Å². The fraction of sp³-hybridized carbons (Fsp3) is 0.739. The first-order chi connectivity index (χ1) is 11.8. The first-order valence-electron chi connectivity index (χ1n) is 10.7. The molecular formula is C23H42AsCl. The molecule has 0 aromatic heterocycles. The smallest absolute Gasteiger partial charge is 1.00 e. The monoisotopic (exact) mass is 428 g/mol. The predicted octanol–water partition coefficient (Wildman–Crippen LogP) is 5.18. The van der Waals surface area contributed by atoms with E-state index in [0.29, 0.717) is 0 Å². The molecule has 146 valence electrons. The SMILES string of the molecule is CCCCCCCCCCCC[As+](CC)(CC)Cc1ccccc1.[Cl-]. The molecule has 2 heteroatoms. The van der Waals surface area contributed by atoms with Crippen LogP contribution in [0, 0.1) is 0 Å². The Bertz CT molecular complexity index is 386. The summed E-state index contributed by atoms with van der Waals surface area (Å²) in [6.07, 6.45) is 14.6. The molecule has 0 fully saturated rings. The van der Waals surface area contributed by atoms with Crippen LogP contribution in [0.3, 0.4) is 0 Å². The van der Waals surface area contributed by atoms with E-state index >= 15 is 0 Å². The summed E-state index contributed by atoms with van der Waals surface area (Å²) in [7, 11) is 0. The van der Waals surface area contributed by atoms with Crippen LogP contribution in [-0.4, -0.2) is 13.6 Å². The Kier molecular flexibility index (Phi) is 16.3. The van der Waals surface area contributed by atoms with E-state index < -0.39 is 13.6 Å². The van der Waals surface area contributed by atoms with Crippen LogP contribution >= 0.6 is 0 Å². The third-order valence-corrected chi connectivity index (χ3v) is 16.1. The Morgan fingerprint density at radius 3 is 1.60 bits per heavy atom. The molecule has 1 aromatic carbocycles. The van der Waals surface area contributed by atoms with E-state index in [1.165, 1.54) is 79.8 Å². The van der Waals surface area contributed by atoms with Crippen molar-refractivity contribution >= 4 is 13.6 Å². The number of benzene rings is 1. The van der Waals surface area contributed by atoms with Gasteiger partial charge in [-0.15, -0.1) is 0 Å². The van der Waals surface area contributed by atoms with Gasteiger partial charge in [-0.2, -0.15) is 0 Å². The molecule has 0 N–H and O–H groups in total. The Balaban J connectivity index is 0.00000576. The topological polar surface area (TPSA) is 0 Å². The number of rotatable bonds is 15. The van der Waals surface area contributed by atoms with Gasteiger partial charge in [0.15, 0.2) is 0 Å². The van der Waals surface area contributed by atoms with E-state index in [2.05, 4.69) is 51.1 Å². The summed E-state index contributed by atoms with van der Waals surface area (Å²) < 4.78 is 0. The van der Waals surface area contributed by atoms with Crippen LogP contribution in [0.25, 0.3) is 0 Å². The van der Waals surface area contributed by atoms with E-state index in [4.69, 9.17) is 0 Å². The molecule has 25 heavy (non-hydrogen) atoms. The fourth-order valence-electron chi connectivity index (χ4n) is 3.75. The molecule has 0 amide bonds. The molecule has 0 bridgehead atoms. The van der Waals surface area contributed by atoms with Crippen molar-refractivity contribution in [2.24, 2.45) is 0 Å². The van der Waals surface area contributed by atoms with E-state index in [0.717, 1.165) is 0 Å². The molecule has 0 saturated carbocycles. The second-order valence-corrected chi connectivity index (χ2v) is 17.4. The zero-order valence-corrected chi connectivity index (χ0v) is 19.7. The van der Waals surface area contributed by atoms with Gasteiger partial charge < -0.3 is 12.4 Å². The van der Waals surface area contributed by atoms with Crippen molar-refractivity contribution in [3.8, 4) is 0 Å². The van der Waals surface area contributed by atoms with Gasteiger partial charge in [0.25, 0.3) is 0 Å². The zero-order chi connectivity index (χ0) is 17.5. The van der Waals surface area contributed by atoms with Crippen molar-refractivity contribution in [2.75, 3.05) is 0 Å². The quantitative estimate of drug-likeness (QED) is 0.266. The van der Waals surface area contributed by atoms with Gasteiger partial charge in [0, 0.05) is 0 Å². The Morgan fingerprint density at radius 2 is 1.12 bits per heavy atom. The zero-order valence-electron chi connectivity index (χ0n) is 17.1. The molecule has 0 radical (unpaired) electrons. The average molecular weight is 429 g/mol. The third kappa shape index (κ3) is 11.4. The van der Waals surface area contributed by atoms with E-state index in [-0.39, 0.29) is 12.4 Å². The Labute approximate surface area is 167 Å². The van der Waals surface area contributed by atoms with Crippen LogP contribution in [0.1, 0.15) is 90.5 Å². The van der Waals surface area contributed by atoms with Gasteiger partial charge in [0.05, 0.1) is 0 Å². The summed E-state index contributed by atoms with van der Waals surface area (Å²) in [6.45, 7) is 7.24. The molecule has 0 nitrogen and oxygen atoms in total. The van der Waals surface area contributed by atoms with E-state index in [9.17, 15) is 0 Å². The first kappa shape index (κ1) is 25.1. The molecule has 0 saturated heterocycles. The molecule has 0 atom stereocenters. The van der Waals surface area contributed by atoms with E-state index in [1.54, 1.807) is 10.8 Å². The molecule has 0 aliphatic carbocycles. The Morgan fingerprint density at radius 1 is 0.640 bits per heavy atom.